The smallest absolute Gasteiger partial charge is 0.0760 e. The van der Waals surface area contributed by atoms with E-state index in [0.29, 0.717) is 5.92 Å². The summed E-state index contributed by atoms with van der Waals surface area (Å²) in [5, 5.41) is 10.1. The van der Waals surface area contributed by atoms with E-state index in [1.165, 1.54) is 12.8 Å². The summed E-state index contributed by atoms with van der Waals surface area (Å²) in [6.07, 6.45) is 4.35. The lowest BCUT2D eigenvalue weighted by molar-refractivity contribution is 0.0845. The van der Waals surface area contributed by atoms with E-state index in [0.717, 1.165) is 18.4 Å². The van der Waals surface area contributed by atoms with Crippen molar-refractivity contribution in [1.82, 2.24) is 0 Å². The van der Waals surface area contributed by atoms with Gasteiger partial charge in [0.2, 0.25) is 0 Å². The Hall–Kier alpha value is -0.570. The van der Waals surface area contributed by atoms with Crippen LogP contribution >= 0.6 is 12.4 Å². The van der Waals surface area contributed by atoms with Crippen LogP contribution in [0.2, 0.25) is 0 Å². The van der Waals surface area contributed by atoms with E-state index in [1.54, 1.807) is 0 Å². The number of benzene rings is 1. The first kappa shape index (κ1) is 13.5. The highest BCUT2D eigenvalue weighted by Crippen LogP contribution is 2.32. The number of rotatable bonds is 3. The van der Waals surface area contributed by atoms with Crippen molar-refractivity contribution in [2.45, 2.75) is 37.8 Å². The molecular formula is C13H20ClNO. The predicted octanol–water partition coefficient (Wildman–Crippen LogP) is 2.66. The molecule has 1 aliphatic rings. The van der Waals surface area contributed by atoms with Crippen LogP contribution in [0.5, 0.6) is 0 Å². The minimum Gasteiger partial charge on any atom is -0.391 e. The Kier molecular flexibility index (Phi) is 5.26. The number of nitrogens with two attached hydrogens (primary N) is 1. The van der Waals surface area contributed by atoms with E-state index in [2.05, 4.69) is 0 Å². The molecule has 2 nitrogen and oxygen atoms in total. The second-order valence-corrected chi connectivity index (χ2v) is 4.47. The molecule has 0 bridgehead atoms. The molecular weight excluding hydrogens is 222 g/mol. The molecule has 1 aliphatic carbocycles. The molecule has 3 heteroatoms. The number of aliphatic hydroxyl groups is 1. The first-order chi connectivity index (χ1) is 7.29. The van der Waals surface area contributed by atoms with Gasteiger partial charge in [0.05, 0.1) is 12.1 Å². The Morgan fingerprint density at radius 1 is 1.12 bits per heavy atom. The van der Waals surface area contributed by atoms with Crippen molar-refractivity contribution in [2.24, 2.45) is 11.7 Å². The molecule has 0 unspecified atom stereocenters. The number of hydrogen-bond acceptors (Lipinski definition) is 2. The fourth-order valence-corrected chi connectivity index (χ4v) is 2.46. The van der Waals surface area contributed by atoms with Crippen molar-refractivity contribution in [3.63, 3.8) is 0 Å². The van der Waals surface area contributed by atoms with Gasteiger partial charge in [-0.15, -0.1) is 12.4 Å². The molecule has 0 radical (unpaired) electrons. The molecule has 1 aromatic carbocycles. The molecule has 2 rings (SSSR count). The van der Waals surface area contributed by atoms with E-state index in [-0.39, 0.29) is 24.6 Å². The average Bonchev–Trinajstić information content (AvgIpc) is 2.82. The predicted molar refractivity (Wildman–Crippen MR) is 68.6 cm³/mol. The maximum atomic E-state index is 10.1. The van der Waals surface area contributed by atoms with Gasteiger partial charge in [-0.25, -0.2) is 0 Å². The van der Waals surface area contributed by atoms with Crippen LogP contribution in [-0.4, -0.2) is 11.2 Å². The summed E-state index contributed by atoms with van der Waals surface area (Å²) in [7, 11) is 0. The van der Waals surface area contributed by atoms with Gasteiger partial charge in [0.25, 0.3) is 0 Å². The summed E-state index contributed by atoms with van der Waals surface area (Å²) in [6.45, 7) is 0. The van der Waals surface area contributed by atoms with Crippen LogP contribution in [-0.2, 0) is 0 Å². The lowest BCUT2D eigenvalue weighted by Gasteiger charge is -2.24. The van der Waals surface area contributed by atoms with Gasteiger partial charge in [0, 0.05) is 0 Å². The van der Waals surface area contributed by atoms with Crippen molar-refractivity contribution >= 4 is 12.4 Å². The quantitative estimate of drug-likeness (QED) is 0.855. The Bertz CT molecular complexity index is 298. The van der Waals surface area contributed by atoms with Crippen LogP contribution in [0.3, 0.4) is 0 Å². The molecule has 16 heavy (non-hydrogen) atoms. The second-order valence-electron chi connectivity index (χ2n) is 4.47. The maximum absolute atomic E-state index is 10.1. The molecule has 0 aliphatic heterocycles. The van der Waals surface area contributed by atoms with Gasteiger partial charge in [0.1, 0.15) is 0 Å². The number of halogens is 1. The zero-order chi connectivity index (χ0) is 10.7. The van der Waals surface area contributed by atoms with Gasteiger partial charge in [-0.05, 0) is 24.3 Å². The van der Waals surface area contributed by atoms with Crippen LogP contribution in [0, 0.1) is 5.92 Å². The third-order valence-corrected chi connectivity index (χ3v) is 3.44. The Labute approximate surface area is 103 Å². The molecule has 0 spiro atoms. The van der Waals surface area contributed by atoms with Crippen molar-refractivity contribution in [3.05, 3.63) is 35.9 Å². The topological polar surface area (TPSA) is 46.2 Å². The minimum atomic E-state index is -0.380. The van der Waals surface area contributed by atoms with Gasteiger partial charge in [-0.3, -0.25) is 0 Å². The Morgan fingerprint density at radius 2 is 1.69 bits per heavy atom. The Balaban J connectivity index is 0.00000128. The van der Waals surface area contributed by atoms with E-state index in [9.17, 15) is 5.11 Å². The molecule has 1 aromatic rings. The summed E-state index contributed by atoms with van der Waals surface area (Å²) in [6, 6.07) is 9.66. The van der Waals surface area contributed by atoms with Gasteiger partial charge >= 0.3 is 0 Å². The standard InChI is InChI=1S/C13H19NO.ClH/c14-12(10-6-2-1-3-7-10)13(15)11-8-4-5-9-11;/h1-3,6-7,11-13,15H,4-5,8-9,14H2;1H/t12-,13+;/m0./s1. The first-order valence-corrected chi connectivity index (χ1v) is 5.77. The van der Waals surface area contributed by atoms with Crippen molar-refractivity contribution in [2.75, 3.05) is 0 Å². The summed E-state index contributed by atoms with van der Waals surface area (Å²) >= 11 is 0. The summed E-state index contributed by atoms with van der Waals surface area (Å²) in [5.74, 6) is 0.403. The molecule has 2 atom stereocenters. The zero-order valence-corrected chi connectivity index (χ0v) is 10.2. The van der Waals surface area contributed by atoms with Crippen LogP contribution in [0.4, 0.5) is 0 Å². The molecule has 90 valence electrons. The largest absolute Gasteiger partial charge is 0.391 e. The Morgan fingerprint density at radius 3 is 2.25 bits per heavy atom. The molecule has 0 amide bonds. The summed E-state index contributed by atoms with van der Waals surface area (Å²) < 4.78 is 0. The highest BCUT2D eigenvalue weighted by Gasteiger charge is 2.28. The number of aliphatic hydroxyl groups excluding tert-OH is 1. The average molecular weight is 242 g/mol. The van der Waals surface area contributed by atoms with Crippen molar-refractivity contribution in [3.8, 4) is 0 Å². The fourth-order valence-electron chi connectivity index (χ4n) is 2.46. The van der Waals surface area contributed by atoms with Gasteiger partial charge in [-0.1, -0.05) is 43.2 Å². The minimum absolute atomic E-state index is 0. The lowest BCUT2D eigenvalue weighted by atomic mass is 9.91. The number of hydrogen-bond donors (Lipinski definition) is 2. The SMILES string of the molecule is Cl.N[C@@H](c1ccccc1)[C@H](O)C1CCCC1. The summed E-state index contributed by atoms with van der Waals surface area (Å²) in [4.78, 5) is 0. The van der Waals surface area contributed by atoms with Crippen LogP contribution < -0.4 is 5.73 Å². The molecule has 0 aromatic heterocycles. The third kappa shape index (κ3) is 2.97. The summed E-state index contributed by atoms with van der Waals surface area (Å²) in [5.41, 5.74) is 7.11. The molecule has 3 N–H and O–H groups in total. The molecule has 0 heterocycles. The highest BCUT2D eigenvalue weighted by molar-refractivity contribution is 5.85. The molecule has 1 saturated carbocycles. The molecule has 0 saturated heterocycles. The van der Waals surface area contributed by atoms with E-state index in [1.807, 2.05) is 30.3 Å². The molecule has 1 fully saturated rings. The van der Waals surface area contributed by atoms with E-state index < -0.39 is 0 Å². The third-order valence-electron chi connectivity index (χ3n) is 3.44. The van der Waals surface area contributed by atoms with Crippen molar-refractivity contribution < 1.29 is 5.11 Å². The second kappa shape index (κ2) is 6.24. The monoisotopic (exact) mass is 241 g/mol. The van der Waals surface area contributed by atoms with Crippen LogP contribution in [0.15, 0.2) is 30.3 Å². The first-order valence-electron chi connectivity index (χ1n) is 5.77. The van der Waals surface area contributed by atoms with E-state index >= 15 is 0 Å². The zero-order valence-electron chi connectivity index (χ0n) is 9.38. The van der Waals surface area contributed by atoms with Gasteiger partial charge < -0.3 is 10.8 Å². The van der Waals surface area contributed by atoms with Crippen LogP contribution in [0.1, 0.15) is 37.3 Å². The fraction of sp³-hybridized carbons (Fsp3) is 0.538. The van der Waals surface area contributed by atoms with E-state index in [4.69, 9.17) is 5.73 Å². The lowest BCUT2D eigenvalue weighted by Crippen LogP contribution is -2.31. The van der Waals surface area contributed by atoms with Crippen molar-refractivity contribution in [1.29, 1.82) is 0 Å². The van der Waals surface area contributed by atoms with Gasteiger partial charge in [0.15, 0.2) is 0 Å². The highest BCUT2D eigenvalue weighted by atomic mass is 35.5. The van der Waals surface area contributed by atoms with Gasteiger partial charge in [-0.2, -0.15) is 0 Å². The van der Waals surface area contributed by atoms with Crippen LogP contribution in [0.25, 0.3) is 0 Å². The normalized spacial score (nSPS) is 20.1. The maximum Gasteiger partial charge on any atom is 0.0760 e.